The molecule has 0 amide bonds. The van der Waals surface area contributed by atoms with E-state index in [9.17, 15) is 0 Å². The molecule has 0 saturated carbocycles. The van der Waals surface area contributed by atoms with E-state index in [-0.39, 0.29) is 0 Å². The van der Waals surface area contributed by atoms with E-state index in [0.717, 1.165) is 6.04 Å². The van der Waals surface area contributed by atoms with Crippen LogP contribution >= 0.6 is 0 Å². The molecule has 0 aromatic carbocycles. The Kier molecular flexibility index (Phi) is 6.65. The molecule has 0 aromatic heterocycles. The van der Waals surface area contributed by atoms with Crippen molar-refractivity contribution in [1.82, 2.24) is 9.80 Å². The van der Waals surface area contributed by atoms with Crippen LogP contribution in [0.15, 0.2) is 0 Å². The van der Waals surface area contributed by atoms with Crippen molar-refractivity contribution < 1.29 is 8.85 Å². The van der Waals surface area contributed by atoms with E-state index in [1.807, 2.05) is 0 Å². The van der Waals surface area contributed by atoms with Gasteiger partial charge in [-0.1, -0.05) is 6.92 Å². The zero-order valence-electron chi connectivity index (χ0n) is 11.9. The van der Waals surface area contributed by atoms with Gasteiger partial charge in [-0.3, -0.25) is 0 Å². The summed E-state index contributed by atoms with van der Waals surface area (Å²) in [6.07, 6.45) is 1.19. The number of piperazine rings is 1. The van der Waals surface area contributed by atoms with Crippen LogP contribution in [0.2, 0.25) is 12.6 Å². The summed E-state index contributed by atoms with van der Waals surface area (Å²) in [6, 6.07) is 1.09. The monoisotopic (exact) mass is 260 g/mol. The first-order valence-electron chi connectivity index (χ1n) is 6.68. The fraction of sp³-hybridized carbons (Fsp3) is 1.00. The van der Waals surface area contributed by atoms with Crippen LogP contribution < -0.4 is 0 Å². The predicted octanol–water partition coefficient (Wildman–Crippen LogP) is 1.38. The normalized spacial score (nSPS) is 19.8. The van der Waals surface area contributed by atoms with Gasteiger partial charge in [0.2, 0.25) is 0 Å². The molecular weight excluding hydrogens is 232 g/mol. The van der Waals surface area contributed by atoms with Crippen molar-refractivity contribution in [1.29, 1.82) is 0 Å². The fourth-order valence-corrected chi connectivity index (χ4v) is 3.62. The quantitative estimate of drug-likeness (QED) is 0.646. The summed E-state index contributed by atoms with van der Waals surface area (Å²) < 4.78 is 11.0. The first-order valence-corrected chi connectivity index (χ1v) is 9.21. The third-order valence-corrected chi connectivity index (χ3v) is 6.87. The lowest BCUT2D eigenvalue weighted by Gasteiger charge is -2.34. The highest BCUT2D eigenvalue weighted by Crippen LogP contribution is 2.14. The molecule has 0 radical (unpaired) electrons. The van der Waals surface area contributed by atoms with Crippen molar-refractivity contribution in [2.75, 3.05) is 53.5 Å². The molecule has 0 spiro atoms. The predicted molar refractivity (Wildman–Crippen MR) is 73.6 cm³/mol. The third kappa shape index (κ3) is 5.05. The summed E-state index contributed by atoms with van der Waals surface area (Å²) in [5, 5.41) is 0. The number of likely N-dealkylation sites (N-methyl/N-ethyl adjacent to an activating group) is 1. The molecule has 1 aliphatic rings. The smallest absolute Gasteiger partial charge is 0.334 e. The van der Waals surface area contributed by atoms with Crippen molar-refractivity contribution in [3.05, 3.63) is 0 Å². The Morgan fingerprint density at radius 2 is 1.53 bits per heavy atom. The van der Waals surface area contributed by atoms with Gasteiger partial charge >= 0.3 is 8.56 Å². The molecule has 4 nitrogen and oxygen atoms in total. The van der Waals surface area contributed by atoms with E-state index in [1.165, 1.54) is 45.7 Å². The molecule has 0 N–H and O–H groups in total. The maximum Gasteiger partial charge on any atom is 0.334 e. The van der Waals surface area contributed by atoms with Crippen LogP contribution in [0.1, 0.15) is 13.3 Å². The van der Waals surface area contributed by atoms with Crippen molar-refractivity contribution in [2.45, 2.75) is 25.9 Å². The molecule has 0 atom stereocenters. The van der Waals surface area contributed by atoms with E-state index in [1.54, 1.807) is 14.2 Å². The molecule has 1 rings (SSSR count). The van der Waals surface area contributed by atoms with Crippen molar-refractivity contribution >= 4 is 8.56 Å². The van der Waals surface area contributed by atoms with Crippen LogP contribution in [0.5, 0.6) is 0 Å². The van der Waals surface area contributed by atoms with Crippen LogP contribution in [0.25, 0.3) is 0 Å². The van der Waals surface area contributed by atoms with Crippen molar-refractivity contribution in [3.8, 4) is 0 Å². The van der Waals surface area contributed by atoms with Gasteiger partial charge in [0.1, 0.15) is 0 Å². The minimum absolute atomic E-state index is 1.09. The van der Waals surface area contributed by atoms with Crippen LogP contribution in [0.4, 0.5) is 0 Å². The van der Waals surface area contributed by atoms with Gasteiger partial charge in [0.15, 0.2) is 0 Å². The van der Waals surface area contributed by atoms with Crippen molar-refractivity contribution in [3.63, 3.8) is 0 Å². The molecule has 17 heavy (non-hydrogen) atoms. The maximum atomic E-state index is 5.50. The summed E-state index contributed by atoms with van der Waals surface area (Å²) in [7, 11) is 1.71. The van der Waals surface area contributed by atoms with Crippen molar-refractivity contribution in [2.24, 2.45) is 0 Å². The van der Waals surface area contributed by atoms with Gasteiger partial charge in [0.25, 0.3) is 0 Å². The number of nitrogens with zero attached hydrogens (tertiary/aromatic N) is 2. The number of hydrogen-bond donors (Lipinski definition) is 0. The standard InChI is InChI=1S/C12H28N2O2Si/c1-5-13-8-10-14(11-9-13)7-6-12-17(4,15-2)16-3/h5-12H2,1-4H3. The van der Waals surface area contributed by atoms with Gasteiger partial charge in [-0.05, 0) is 32.1 Å². The third-order valence-electron chi connectivity index (χ3n) is 3.88. The highest BCUT2D eigenvalue weighted by Gasteiger charge is 2.28. The number of hydrogen-bond acceptors (Lipinski definition) is 4. The second kappa shape index (κ2) is 7.48. The highest BCUT2D eigenvalue weighted by molar-refractivity contribution is 6.65. The minimum Gasteiger partial charge on any atom is -0.398 e. The molecule has 0 bridgehead atoms. The molecule has 1 fully saturated rings. The number of rotatable bonds is 7. The van der Waals surface area contributed by atoms with E-state index >= 15 is 0 Å². The molecule has 102 valence electrons. The zero-order chi connectivity index (χ0) is 12.7. The first kappa shape index (κ1) is 15.1. The Hall–Kier alpha value is 0.0569. The van der Waals surface area contributed by atoms with E-state index in [4.69, 9.17) is 8.85 Å². The van der Waals surface area contributed by atoms with E-state index in [2.05, 4.69) is 23.3 Å². The Morgan fingerprint density at radius 1 is 1.00 bits per heavy atom. The summed E-state index contributed by atoms with van der Waals surface area (Å²) in [6.45, 7) is 11.6. The second-order valence-electron chi connectivity index (χ2n) is 4.92. The molecule has 1 heterocycles. The molecular formula is C12H28N2O2Si. The average molecular weight is 260 g/mol. The molecule has 5 heteroatoms. The van der Waals surface area contributed by atoms with E-state index in [0.29, 0.717) is 0 Å². The van der Waals surface area contributed by atoms with E-state index < -0.39 is 8.56 Å². The highest BCUT2D eigenvalue weighted by atomic mass is 28.4. The largest absolute Gasteiger partial charge is 0.398 e. The van der Waals surface area contributed by atoms with Gasteiger partial charge in [-0.25, -0.2) is 0 Å². The maximum absolute atomic E-state index is 5.50. The van der Waals surface area contributed by atoms with Crippen LogP contribution in [-0.4, -0.2) is 71.8 Å². The Balaban J connectivity index is 2.15. The Labute approximate surface area is 107 Å². The minimum atomic E-state index is -1.84. The van der Waals surface area contributed by atoms with Crippen LogP contribution in [0, 0.1) is 0 Å². The summed E-state index contributed by atoms with van der Waals surface area (Å²) in [4.78, 5) is 5.08. The molecule has 0 unspecified atom stereocenters. The lowest BCUT2D eigenvalue weighted by molar-refractivity contribution is 0.136. The summed E-state index contributed by atoms with van der Waals surface area (Å²) >= 11 is 0. The Morgan fingerprint density at radius 3 is 2.00 bits per heavy atom. The molecule has 1 saturated heterocycles. The van der Waals surface area contributed by atoms with Gasteiger partial charge < -0.3 is 18.7 Å². The lowest BCUT2D eigenvalue weighted by atomic mass is 10.3. The molecule has 0 aliphatic carbocycles. The average Bonchev–Trinajstić information content (AvgIpc) is 2.39. The first-order chi connectivity index (χ1) is 8.13. The summed E-state index contributed by atoms with van der Waals surface area (Å²) in [5.74, 6) is 0. The Bertz CT molecular complexity index is 205. The molecule has 0 aromatic rings. The topological polar surface area (TPSA) is 24.9 Å². The fourth-order valence-electron chi connectivity index (χ4n) is 2.24. The zero-order valence-corrected chi connectivity index (χ0v) is 12.9. The van der Waals surface area contributed by atoms with Gasteiger partial charge in [0.05, 0.1) is 0 Å². The SMILES string of the molecule is CCN1CCN(CCC[Si](C)(OC)OC)CC1. The molecule has 1 aliphatic heterocycles. The van der Waals surface area contributed by atoms with Gasteiger partial charge in [-0.2, -0.15) is 0 Å². The van der Waals surface area contributed by atoms with Gasteiger partial charge in [0, 0.05) is 40.4 Å². The summed E-state index contributed by atoms with van der Waals surface area (Å²) in [5.41, 5.74) is 0. The van der Waals surface area contributed by atoms with Crippen LogP contribution in [0.3, 0.4) is 0 Å². The lowest BCUT2D eigenvalue weighted by Crippen LogP contribution is -2.46. The van der Waals surface area contributed by atoms with Crippen LogP contribution in [-0.2, 0) is 8.85 Å². The second-order valence-corrected chi connectivity index (χ2v) is 8.51. The van der Waals surface area contributed by atoms with Gasteiger partial charge in [-0.15, -0.1) is 0 Å².